The predicted molar refractivity (Wildman–Crippen MR) is 73.6 cm³/mol. The van der Waals surface area contributed by atoms with Gasteiger partial charge >= 0.3 is 0 Å². The maximum absolute atomic E-state index is 5.80. The largest absolute Gasteiger partial charge is 0.493 e. The Morgan fingerprint density at radius 3 is 2.82 bits per heavy atom. The van der Waals surface area contributed by atoms with Gasteiger partial charge in [-0.3, -0.25) is 0 Å². The molecule has 1 aromatic carbocycles. The van der Waals surface area contributed by atoms with E-state index in [2.05, 4.69) is 44.3 Å². The molecule has 0 amide bonds. The summed E-state index contributed by atoms with van der Waals surface area (Å²) < 4.78 is 5.80. The van der Waals surface area contributed by atoms with Crippen LogP contribution in [0, 0.1) is 5.92 Å². The van der Waals surface area contributed by atoms with E-state index in [4.69, 9.17) is 4.74 Å². The molecule has 0 heterocycles. The number of aryl methyl sites for hydroxylation is 1. The average molecular weight is 235 g/mol. The molecule has 0 aliphatic rings. The van der Waals surface area contributed by atoms with Crippen LogP contribution in [0.25, 0.3) is 0 Å². The van der Waals surface area contributed by atoms with Crippen LogP contribution in [0.2, 0.25) is 0 Å². The molecule has 1 rings (SSSR count). The first-order chi connectivity index (χ1) is 8.26. The predicted octanol–water partition coefficient (Wildman–Crippen LogP) is 3.26. The molecule has 0 aliphatic heterocycles. The van der Waals surface area contributed by atoms with Crippen molar-refractivity contribution in [3.05, 3.63) is 29.8 Å². The number of benzene rings is 1. The fraction of sp³-hybridized carbons (Fsp3) is 0.600. The Bertz CT molecular complexity index is 312. The van der Waals surface area contributed by atoms with Crippen LogP contribution < -0.4 is 10.1 Å². The summed E-state index contributed by atoms with van der Waals surface area (Å²) >= 11 is 0. The SMILES string of the molecule is CCCNCC(C)COc1cccc(CC)c1. The molecule has 1 atom stereocenters. The van der Waals surface area contributed by atoms with Crippen molar-refractivity contribution in [2.45, 2.75) is 33.6 Å². The molecule has 2 heteroatoms. The van der Waals surface area contributed by atoms with Gasteiger partial charge in [0.2, 0.25) is 0 Å². The quantitative estimate of drug-likeness (QED) is 0.698. The molecular formula is C15H25NO. The van der Waals surface area contributed by atoms with Crippen molar-refractivity contribution in [3.63, 3.8) is 0 Å². The van der Waals surface area contributed by atoms with Crippen LogP contribution in [-0.2, 0) is 6.42 Å². The lowest BCUT2D eigenvalue weighted by Gasteiger charge is -2.14. The van der Waals surface area contributed by atoms with Gasteiger partial charge in [-0.15, -0.1) is 0 Å². The van der Waals surface area contributed by atoms with E-state index in [0.717, 1.165) is 31.9 Å². The summed E-state index contributed by atoms with van der Waals surface area (Å²) in [5, 5.41) is 3.41. The Balaban J connectivity index is 2.28. The molecule has 0 fully saturated rings. The smallest absolute Gasteiger partial charge is 0.119 e. The highest BCUT2D eigenvalue weighted by atomic mass is 16.5. The van der Waals surface area contributed by atoms with Crippen molar-refractivity contribution in [3.8, 4) is 5.75 Å². The van der Waals surface area contributed by atoms with Crippen molar-refractivity contribution in [1.82, 2.24) is 5.32 Å². The minimum atomic E-state index is 0.548. The first-order valence-corrected chi connectivity index (χ1v) is 6.68. The molecular weight excluding hydrogens is 210 g/mol. The van der Waals surface area contributed by atoms with Crippen molar-refractivity contribution in [1.29, 1.82) is 0 Å². The summed E-state index contributed by atoms with van der Waals surface area (Å²) in [5.74, 6) is 1.54. The Labute approximate surface area is 105 Å². The number of hydrogen-bond donors (Lipinski definition) is 1. The molecule has 1 unspecified atom stereocenters. The molecule has 0 aromatic heterocycles. The third-order valence-corrected chi connectivity index (χ3v) is 2.76. The number of ether oxygens (including phenoxy) is 1. The normalized spacial score (nSPS) is 12.4. The van der Waals surface area contributed by atoms with Crippen molar-refractivity contribution < 1.29 is 4.74 Å². The first-order valence-electron chi connectivity index (χ1n) is 6.68. The zero-order valence-electron chi connectivity index (χ0n) is 11.3. The summed E-state index contributed by atoms with van der Waals surface area (Å²) in [6.45, 7) is 9.47. The molecule has 1 N–H and O–H groups in total. The summed E-state index contributed by atoms with van der Waals surface area (Å²) in [6.07, 6.45) is 2.25. The molecule has 0 saturated carbocycles. The van der Waals surface area contributed by atoms with Crippen LogP contribution in [0.4, 0.5) is 0 Å². The zero-order valence-corrected chi connectivity index (χ0v) is 11.3. The second-order valence-corrected chi connectivity index (χ2v) is 4.62. The van der Waals surface area contributed by atoms with E-state index < -0.39 is 0 Å². The Morgan fingerprint density at radius 2 is 2.12 bits per heavy atom. The van der Waals surface area contributed by atoms with Gasteiger partial charge in [-0.25, -0.2) is 0 Å². The summed E-state index contributed by atoms with van der Waals surface area (Å²) in [4.78, 5) is 0. The number of hydrogen-bond acceptors (Lipinski definition) is 2. The molecule has 0 radical (unpaired) electrons. The van der Waals surface area contributed by atoms with Gasteiger partial charge in [-0.05, 0) is 37.1 Å². The molecule has 0 saturated heterocycles. The zero-order chi connectivity index (χ0) is 12.5. The molecule has 1 aromatic rings. The van der Waals surface area contributed by atoms with E-state index in [-0.39, 0.29) is 0 Å². The monoisotopic (exact) mass is 235 g/mol. The standard InChI is InChI=1S/C15H25NO/c1-4-9-16-11-13(3)12-17-15-8-6-7-14(5-2)10-15/h6-8,10,13,16H,4-5,9,11-12H2,1-3H3. The van der Waals surface area contributed by atoms with Crippen molar-refractivity contribution in [2.24, 2.45) is 5.92 Å². The van der Waals surface area contributed by atoms with Gasteiger partial charge in [0.1, 0.15) is 5.75 Å². The van der Waals surface area contributed by atoms with Gasteiger partial charge < -0.3 is 10.1 Å². The van der Waals surface area contributed by atoms with Crippen LogP contribution in [-0.4, -0.2) is 19.7 Å². The topological polar surface area (TPSA) is 21.3 Å². The van der Waals surface area contributed by atoms with Crippen LogP contribution >= 0.6 is 0 Å². The minimum absolute atomic E-state index is 0.548. The van der Waals surface area contributed by atoms with Crippen LogP contribution in [0.3, 0.4) is 0 Å². The summed E-state index contributed by atoms with van der Waals surface area (Å²) in [7, 11) is 0. The highest BCUT2D eigenvalue weighted by Gasteiger charge is 2.03. The van der Waals surface area contributed by atoms with Gasteiger partial charge in [-0.1, -0.05) is 32.9 Å². The van der Waals surface area contributed by atoms with Gasteiger partial charge in [0, 0.05) is 12.5 Å². The van der Waals surface area contributed by atoms with Crippen LogP contribution in [0.5, 0.6) is 5.75 Å². The average Bonchev–Trinajstić information content (AvgIpc) is 2.37. The third kappa shape index (κ3) is 5.73. The van der Waals surface area contributed by atoms with E-state index in [1.807, 2.05) is 6.07 Å². The number of rotatable bonds is 8. The highest BCUT2D eigenvalue weighted by molar-refractivity contribution is 5.28. The molecule has 0 bridgehead atoms. The Morgan fingerprint density at radius 1 is 1.29 bits per heavy atom. The fourth-order valence-electron chi connectivity index (χ4n) is 1.68. The van der Waals surface area contributed by atoms with E-state index in [0.29, 0.717) is 5.92 Å². The first kappa shape index (κ1) is 14.0. The molecule has 0 aliphatic carbocycles. The molecule has 96 valence electrons. The van der Waals surface area contributed by atoms with Crippen molar-refractivity contribution >= 4 is 0 Å². The lowest BCUT2D eigenvalue weighted by molar-refractivity contribution is 0.255. The van der Waals surface area contributed by atoms with Crippen molar-refractivity contribution in [2.75, 3.05) is 19.7 Å². The third-order valence-electron chi connectivity index (χ3n) is 2.76. The molecule has 0 spiro atoms. The van der Waals surface area contributed by atoms with Crippen LogP contribution in [0.1, 0.15) is 32.8 Å². The lowest BCUT2D eigenvalue weighted by atomic mass is 10.1. The second kappa shape index (κ2) is 8.13. The van der Waals surface area contributed by atoms with E-state index in [1.54, 1.807) is 0 Å². The lowest BCUT2D eigenvalue weighted by Crippen LogP contribution is -2.25. The van der Waals surface area contributed by atoms with Gasteiger partial charge in [-0.2, -0.15) is 0 Å². The second-order valence-electron chi connectivity index (χ2n) is 4.62. The van der Waals surface area contributed by atoms with E-state index in [9.17, 15) is 0 Å². The molecule has 17 heavy (non-hydrogen) atoms. The Hall–Kier alpha value is -1.02. The fourth-order valence-corrected chi connectivity index (χ4v) is 1.68. The maximum Gasteiger partial charge on any atom is 0.119 e. The molecule has 2 nitrogen and oxygen atoms in total. The maximum atomic E-state index is 5.80. The summed E-state index contributed by atoms with van der Waals surface area (Å²) in [5.41, 5.74) is 1.33. The van der Waals surface area contributed by atoms with E-state index in [1.165, 1.54) is 12.0 Å². The summed E-state index contributed by atoms with van der Waals surface area (Å²) in [6, 6.07) is 8.37. The van der Waals surface area contributed by atoms with Gasteiger partial charge in [0.05, 0.1) is 6.61 Å². The number of nitrogens with one attached hydrogen (secondary N) is 1. The van der Waals surface area contributed by atoms with Gasteiger partial charge in [0.25, 0.3) is 0 Å². The van der Waals surface area contributed by atoms with Gasteiger partial charge in [0.15, 0.2) is 0 Å². The van der Waals surface area contributed by atoms with Crippen LogP contribution in [0.15, 0.2) is 24.3 Å². The highest BCUT2D eigenvalue weighted by Crippen LogP contribution is 2.14. The van der Waals surface area contributed by atoms with E-state index >= 15 is 0 Å². The minimum Gasteiger partial charge on any atom is -0.493 e. The Kier molecular flexibility index (Phi) is 6.71.